The quantitative estimate of drug-likeness (QED) is 0.645. The Morgan fingerprint density at radius 1 is 1.35 bits per heavy atom. The van der Waals surface area contributed by atoms with E-state index < -0.39 is 5.41 Å². The van der Waals surface area contributed by atoms with Crippen molar-refractivity contribution in [2.75, 3.05) is 33.3 Å². The first kappa shape index (κ1) is 22.1. The van der Waals surface area contributed by atoms with Crippen molar-refractivity contribution in [2.45, 2.75) is 52.0 Å². The number of hydrogen-bond acceptors (Lipinski definition) is 5. The Morgan fingerprint density at radius 2 is 2.04 bits per heavy atom. The summed E-state index contributed by atoms with van der Waals surface area (Å²) in [6, 6.07) is 0.351. The predicted molar refractivity (Wildman–Crippen MR) is 93.6 cm³/mol. The van der Waals surface area contributed by atoms with Gasteiger partial charge in [-0.15, -0.1) is 12.4 Å². The van der Waals surface area contributed by atoms with Crippen LogP contribution < -0.4 is 11.1 Å². The molecular formula is C16H32ClN3O3. The third-order valence-corrected chi connectivity index (χ3v) is 4.42. The molecule has 1 heterocycles. The normalized spacial score (nSPS) is 18.9. The Kier molecular flexibility index (Phi) is 10.4. The number of esters is 1. The van der Waals surface area contributed by atoms with E-state index in [4.69, 9.17) is 10.5 Å². The standard InChI is InChI=1S/C16H31N3O3.ClH/c1-16(2,15(21)22-3)8-11-19-10-5-4-6-13(19)12-18-14(20)7-9-17;/h13H,4-12,17H2,1-3H3,(H,18,20);1H. The Morgan fingerprint density at radius 3 is 2.65 bits per heavy atom. The first-order valence-corrected chi connectivity index (χ1v) is 8.20. The number of piperidine rings is 1. The summed E-state index contributed by atoms with van der Waals surface area (Å²) >= 11 is 0. The molecule has 0 saturated carbocycles. The topological polar surface area (TPSA) is 84.7 Å². The van der Waals surface area contributed by atoms with Crippen LogP contribution in [0.25, 0.3) is 0 Å². The zero-order valence-electron chi connectivity index (χ0n) is 14.6. The molecule has 1 amide bonds. The summed E-state index contributed by atoms with van der Waals surface area (Å²) in [7, 11) is 1.43. The highest BCUT2D eigenvalue weighted by atomic mass is 35.5. The minimum atomic E-state index is -0.473. The number of carbonyl (C=O) groups excluding carboxylic acids is 2. The van der Waals surface area contributed by atoms with Crippen LogP contribution in [-0.2, 0) is 14.3 Å². The zero-order chi connectivity index (χ0) is 16.6. The SMILES string of the molecule is COC(=O)C(C)(C)CCN1CCCCC1CNC(=O)CCN.Cl. The number of rotatable bonds is 8. The number of nitrogens with one attached hydrogen (secondary N) is 1. The van der Waals surface area contributed by atoms with E-state index in [1.54, 1.807) is 0 Å². The summed E-state index contributed by atoms with van der Waals surface area (Å²) in [5.41, 5.74) is 4.91. The van der Waals surface area contributed by atoms with E-state index in [2.05, 4.69) is 10.2 Å². The first-order chi connectivity index (χ1) is 10.4. The lowest BCUT2D eigenvalue weighted by molar-refractivity contribution is -0.151. The molecule has 1 fully saturated rings. The van der Waals surface area contributed by atoms with Crippen LogP contribution in [0, 0.1) is 5.41 Å². The number of carbonyl (C=O) groups is 2. The van der Waals surface area contributed by atoms with Gasteiger partial charge in [-0.2, -0.15) is 0 Å². The molecule has 3 N–H and O–H groups in total. The Balaban J connectivity index is 0.00000484. The van der Waals surface area contributed by atoms with E-state index >= 15 is 0 Å². The van der Waals surface area contributed by atoms with Gasteiger partial charge < -0.3 is 15.8 Å². The summed E-state index contributed by atoms with van der Waals surface area (Å²) in [5, 5.41) is 2.96. The van der Waals surface area contributed by atoms with Gasteiger partial charge in [0.15, 0.2) is 0 Å². The van der Waals surface area contributed by atoms with Crippen LogP contribution in [-0.4, -0.2) is 56.1 Å². The van der Waals surface area contributed by atoms with E-state index in [0.29, 0.717) is 25.6 Å². The number of nitrogens with two attached hydrogens (primary N) is 1. The largest absolute Gasteiger partial charge is 0.469 e. The van der Waals surface area contributed by atoms with E-state index in [-0.39, 0.29) is 24.3 Å². The van der Waals surface area contributed by atoms with E-state index in [1.165, 1.54) is 20.0 Å². The zero-order valence-corrected chi connectivity index (χ0v) is 15.4. The number of likely N-dealkylation sites (tertiary alicyclic amines) is 1. The molecule has 1 saturated heterocycles. The van der Waals surface area contributed by atoms with Crippen LogP contribution in [0.4, 0.5) is 0 Å². The number of methoxy groups -OCH3 is 1. The smallest absolute Gasteiger partial charge is 0.311 e. The molecule has 0 aromatic heterocycles. The third-order valence-electron chi connectivity index (χ3n) is 4.42. The molecule has 7 heteroatoms. The Bertz CT molecular complexity index is 378. The summed E-state index contributed by atoms with van der Waals surface area (Å²) in [4.78, 5) is 25.7. The van der Waals surface area contributed by atoms with E-state index in [0.717, 1.165) is 25.9 Å². The highest BCUT2D eigenvalue weighted by molar-refractivity contribution is 5.85. The number of amides is 1. The van der Waals surface area contributed by atoms with Gasteiger partial charge in [0.2, 0.25) is 5.91 Å². The maximum atomic E-state index is 11.8. The van der Waals surface area contributed by atoms with Crippen LogP contribution in [0.3, 0.4) is 0 Å². The minimum absolute atomic E-state index is 0. The molecule has 136 valence electrons. The van der Waals surface area contributed by atoms with E-state index in [9.17, 15) is 9.59 Å². The van der Waals surface area contributed by atoms with Crippen molar-refractivity contribution >= 4 is 24.3 Å². The highest BCUT2D eigenvalue weighted by Crippen LogP contribution is 2.25. The summed E-state index contributed by atoms with van der Waals surface area (Å²) in [6.45, 7) is 6.75. The molecule has 0 aromatic carbocycles. The second-order valence-electron chi connectivity index (χ2n) is 6.65. The number of ether oxygens (including phenoxy) is 1. The van der Waals surface area contributed by atoms with Gasteiger partial charge in [-0.25, -0.2) is 0 Å². The van der Waals surface area contributed by atoms with Crippen molar-refractivity contribution in [3.05, 3.63) is 0 Å². The number of halogens is 1. The molecule has 0 aliphatic carbocycles. The molecule has 1 aliphatic heterocycles. The van der Waals surface area contributed by atoms with Gasteiger partial charge in [0, 0.05) is 25.6 Å². The Hall–Kier alpha value is -0.850. The maximum Gasteiger partial charge on any atom is 0.311 e. The van der Waals surface area contributed by atoms with Crippen molar-refractivity contribution in [3.8, 4) is 0 Å². The summed E-state index contributed by atoms with van der Waals surface area (Å²) < 4.78 is 4.86. The van der Waals surface area contributed by atoms with Crippen molar-refractivity contribution < 1.29 is 14.3 Å². The fourth-order valence-electron chi connectivity index (χ4n) is 2.84. The molecule has 23 heavy (non-hydrogen) atoms. The van der Waals surface area contributed by atoms with E-state index in [1.807, 2.05) is 13.8 Å². The average molecular weight is 350 g/mol. The average Bonchev–Trinajstić information content (AvgIpc) is 2.51. The lowest BCUT2D eigenvalue weighted by Gasteiger charge is -2.37. The van der Waals surface area contributed by atoms with Crippen molar-refractivity contribution in [3.63, 3.8) is 0 Å². The van der Waals surface area contributed by atoms with Gasteiger partial charge in [0.1, 0.15) is 0 Å². The highest BCUT2D eigenvalue weighted by Gasteiger charge is 2.31. The van der Waals surface area contributed by atoms with Gasteiger partial charge in [0.05, 0.1) is 12.5 Å². The molecular weight excluding hydrogens is 318 g/mol. The van der Waals surface area contributed by atoms with Crippen molar-refractivity contribution in [2.24, 2.45) is 11.1 Å². The lowest BCUT2D eigenvalue weighted by atomic mass is 9.88. The maximum absolute atomic E-state index is 11.8. The number of hydrogen-bond donors (Lipinski definition) is 2. The molecule has 0 aromatic rings. The van der Waals surface area contributed by atoms with Crippen LogP contribution in [0.1, 0.15) is 46.0 Å². The van der Waals surface area contributed by atoms with Crippen LogP contribution in [0.5, 0.6) is 0 Å². The summed E-state index contributed by atoms with van der Waals surface area (Å²) in [5.74, 6) is -0.153. The number of nitrogens with zero attached hydrogens (tertiary/aromatic N) is 1. The molecule has 1 rings (SSSR count). The molecule has 1 aliphatic rings. The second-order valence-corrected chi connectivity index (χ2v) is 6.65. The summed E-state index contributed by atoms with van der Waals surface area (Å²) in [6.07, 6.45) is 4.58. The van der Waals surface area contributed by atoms with Gasteiger partial charge in [0.25, 0.3) is 0 Å². The van der Waals surface area contributed by atoms with Crippen molar-refractivity contribution in [1.82, 2.24) is 10.2 Å². The molecule has 6 nitrogen and oxygen atoms in total. The van der Waals surface area contributed by atoms with Crippen LogP contribution in [0.15, 0.2) is 0 Å². The first-order valence-electron chi connectivity index (χ1n) is 8.20. The molecule has 0 radical (unpaired) electrons. The third kappa shape index (κ3) is 7.50. The minimum Gasteiger partial charge on any atom is -0.469 e. The lowest BCUT2D eigenvalue weighted by Crippen LogP contribution is -2.48. The monoisotopic (exact) mass is 349 g/mol. The van der Waals surface area contributed by atoms with Gasteiger partial charge in [-0.1, -0.05) is 6.42 Å². The van der Waals surface area contributed by atoms with Crippen LogP contribution >= 0.6 is 12.4 Å². The molecule has 0 spiro atoms. The van der Waals surface area contributed by atoms with Gasteiger partial charge >= 0.3 is 5.97 Å². The van der Waals surface area contributed by atoms with Gasteiger partial charge in [-0.3, -0.25) is 14.5 Å². The molecule has 0 bridgehead atoms. The fourth-order valence-corrected chi connectivity index (χ4v) is 2.84. The fraction of sp³-hybridized carbons (Fsp3) is 0.875. The molecule has 1 unspecified atom stereocenters. The second kappa shape index (κ2) is 10.8. The predicted octanol–water partition coefficient (Wildman–Crippen LogP) is 1.32. The Labute approximate surface area is 145 Å². The van der Waals surface area contributed by atoms with Crippen LogP contribution in [0.2, 0.25) is 0 Å². The van der Waals surface area contributed by atoms with Gasteiger partial charge in [-0.05, 0) is 46.2 Å². The molecule has 1 atom stereocenters. The van der Waals surface area contributed by atoms with Crippen molar-refractivity contribution in [1.29, 1.82) is 0 Å².